The number of aryl methyl sites for hydroxylation is 1. The highest BCUT2D eigenvalue weighted by Gasteiger charge is 2.45. The molecule has 0 bridgehead atoms. The summed E-state index contributed by atoms with van der Waals surface area (Å²) in [5.74, 6) is -1.39. The molecule has 4 rings (SSSR count). The lowest BCUT2D eigenvalue weighted by Gasteiger charge is -2.29. The summed E-state index contributed by atoms with van der Waals surface area (Å²) in [6.45, 7) is 9.83. The van der Waals surface area contributed by atoms with E-state index in [1.807, 2.05) is 20.8 Å². The number of morpholine rings is 1. The first-order valence-corrected chi connectivity index (χ1v) is 12.4. The minimum Gasteiger partial charge on any atom is -0.507 e. The highest BCUT2D eigenvalue weighted by molar-refractivity contribution is 6.46. The number of nitrogens with zero attached hydrogens (tertiary/aromatic N) is 2. The van der Waals surface area contributed by atoms with Crippen LogP contribution in [0.5, 0.6) is 5.75 Å². The van der Waals surface area contributed by atoms with Crippen LogP contribution in [0.1, 0.15) is 43.0 Å². The van der Waals surface area contributed by atoms with Crippen molar-refractivity contribution < 1.29 is 28.6 Å². The van der Waals surface area contributed by atoms with Gasteiger partial charge in [0.1, 0.15) is 17.3 Å². The first-order chi connectivity index (χ1) is 17.3. The van der Waals surface area contributed by atoms with Crippen molar-refractivity contribution in [3.8, 4) is 5.75 Å². The molecule has 1 amide bonds. The van der Waals surface area contributed by atoms with Gasteiger partial charge in [0.05, 0.1) is 30.9 Å². The van der Waals surface area contributed by atoms with Gasteiger partial charge >= 0.3 is 0 Å². The van der Waals surface area contributed by atoms with E-state index >= 15 is 0 Å². The molecular weight excluding hydrogens is 463 g/mol. The number of rotatable bonds is 8. The summed E-state index contributed by atoms with van der Waals surface area (Å²) in [5, 5.41) is 11.3. The third-order valence-corrected chi connectivity index (χ3v) is 6.51. The van der Waals surface area contributed by atoms with E-state index < -0.39 is 23.5 Å². The average molecular weight is 497 g/mol. The topological polar surface area (TPSA) is 79.3 Å². The Kier molecular flexibility index (Phi) is 8.06. The maximum Gasteiger partial charge on any atom is 0.295 e. The van der Waals surface area contributed by atoms with Crippen LogP contribution in [0.25, 0.3) is 5.76 Å². The summed E-state index contributed by atoms with van der Waals surface area (Å²) in [6, 6.07) is 10.1. The standard InChI is InChI=1S/C28H33FN2O5/c1-18(2)36-23-10-7-21(17-19(23)3)26(32)24-25(20-5-8-22(29)9-6-20)31(28(34)27(24)33)12-4-11-30-13-15-35-16-14-30/h5-10,17-18,25,32H,4,11-16H2,1-3H3/t25-/m1/s1. The SMILES string of the molecule is Cc1cc(C(O)=C2C(=O)C(=O)N(CCCN3CCOCC3)[C@@H]2c2ccc(F)cc2)ccc1OC(C)C. The third kappa shape index (κ3) is 5.60. The summed E-state index contributed by atoms with van der Waals surface area (Å²) < 4.78 is 24.9. The number of aliphatic hydroxyl groups is 1. The number of ketones is 1. The third-order valence-electron chi connectivity index (χ3n) is 6.51. The fraction of sp³-hybridized carbons (Fsp3) is 0.429. The first-order valence-electron chi connectivity index (χ1n) is 12.4. The maximum absolute atomic E-state index is 13.7. The predicted molar refractivity (Wildman–Crippen MR) is 134 cm³/mol. The maximum atomic E-state index is 13.7. The van der Waals surface area contributed by atoms with Gasteiger partial charge in [0.25, 0.3) is 11.7 Å². The van der Waals surface area contributed by atoms with E-state index in [1.54, 1.807) is 30.3 Å². The second-order valence-corrected chi connectivity index (χ2v) is 9.50. The van der Waals surface area contributed by atoms with Crippen LogP contribution in [0.4, 0.5) is 4.39 Å². The van der Waals surface area contributed by atoms with Crippen molar-refractivity contribution in [3.63, 3.8) is 0 Å². The molecule has 1 atom stereocenters. The molecule has 2 aliphatic rings. The van der Waals surface area contributed by atoms with Gasteiger partial charge in [0, 0.05) is 31.7 Å². The molecule has 2 aromatic carbocycles. The zero-order valence-electron chi connectivity index (χ0n) is 21.0. The Balaban J connectivity index is 1.67. The number of hydrogen-bond donors (Lipinski definition) is 1. The van der Waals surface area contributed by atoms with Gasteiger partial charge in [-0.3, -0.25) is 14.5 Å². The predicted octanol–water partition coefficient (Wildman–Crippen LogP) is 4.07. The van der Waals surface area contributed by atoms with Gasteiger partial charge < -0.3 is 19.5 Å². The van der Waals surface area contributed by atoms with Crippen LogP contribution in [0, 0.1) is 12.7 Å². The van der Waals surface area contributed by atoms with E-state index in [4.69, 9.17) is 9.47 Å². The lowest BCUT2D eigenvalue weighted by Crippen LogP contribution is -2.38. The van der Waals surface area contributed by atoms with E-state index in [0.717, 1.165) is 25.2 Å². The number of benzene rings is 2. The Morgan fingerprint density at radius 2 is 1.81 bits per heavy atom. The van der Waals surface area contributed by atoms with Gasteiger partial charge in [-0.15, -0.1) is 0 Å². The summed E-state index contributed by atoms with van der Waals surface area (Å²) >= 11 is 0. The molecule has 1 N–H and O–H groups in total. The molecule has 0 aliphatic carbocycles. The van der Waals surface area contributed by atoms with Gasteiger partial charge in [-0.1, -0.05) is 12.1 Å². The van der Waals surface area contributed by atoms with Crippen molar-refractivity contribution in [3.05, 3.63) is 70.5 Å². The zero-order valence-corrected chi connectivity index (χ0v) is 21.0. The number of likely N-dealkylation sites (tertiary alicyclic amines) is 1. The zero-order chi connectivity index (χ0) is 25.8. The van der Waals surface area contributed by atoms with Crippen molar-refractivity contribution in [2.75, 3.05) is 39.4 Å². The van der Waals surface area contributed by atoms with Crippen molar-refractivity contribution in [2.24, 2.45) is 0 Å². The molecule has 7 nitrogen and oxygen atoms in total. The highest BCUT2D eigenvalue weighted by atomic mass is 19.1. The van der Waals surface area contributed by atoms with Crippen molar-refractivity contribution in [1.29, 1.82) is 0 Å². The van der Waals surface area contributed by atoms with Crippen molar-refractivity contribution in [2.45, 2.75) is 39.3 Å². The van der Waals surface area contributed by atoms with Gasteiger partial charge in [0.2, 0.25) is 0 Å². The number of Topliss-reactive ketones (excluding diaryl/α,β-unsaturated/α-hetero) is 1. The second kappa shape index (κ2) is 11.2. The Morgan fingerprint density at radius 1 is 1.11 bits per heavy atom. The monoisotopic (exact) mass is 496 g/mol. The Bertz CT molecular complexity index is 1140. The molecule has 0 unspecified atom stereocenters. The Labute approximate surface area is 211 Å². The molecular formula is C28H33FN2O5. The highest BCUT2D eigenvalue weighted by Crippen LogP contribution is 2.40. The van der Waals surface area contributed by atoms with E-state index in [9.17, 15) is 19.1 Å². The molecule has 2 fully saturated rings. The first kappa shape index (κ1) is 25.9. The van der Waals surface area contributed by atoms with Gasteiger partial charge in [-0.25, -0.2) is 4.39 Å². The Hall–Kier alpha value is -3.23. The molecule has 0 aromatic heterocycles. The minimum atomic E-state index is -0.804. The second-order valence-electron chi connectivity index (χ2n) is 9.50. The molecule has 0 spiro atoms. The fourth-order valence-electron chi connectivity index (χ4n) is 4.73. The normalized spacial score (nSPS) is 20.4. The fourth-order valence-corrected chi connectivity index (χ4v) is 4.73. The molecule has 2 aromatic rings. The smallest absolute Gasteiger partial charge is 0.295 e. The van der Waals surface area contributed by atoms with Crippen LogP contribution in [0.3, 0.4) is 0 Å². The van der Waals surface area contributed by atoms with Crippen LogP contribution >= 0.6 is 0 Å². The summed E-state index contributed by atoms with van der Waals surface area (Å²) in [4.78, 5) is 30.1. The number of amides is 1. The van der Waals surface area contributed by atoms with Crippen LogP contribution in [-0.4, -0.2) is 72.1 Å². The quantitative estimate of drug-likeness (QED) is 0.337. The van der Waals surface area contributed by atoms with E-state index in [2.05, 4.69) is 4.90 Å². The number of carbonyl (C=O) groups excluding carboxylic acids is 2. The van der Waals surface area contributed by atoms with Crippen LogP contribution < -0.4 is 4.74 Å². The van der Waals surface area contributed by atoms with Crippen molar-refractivity contribution in [1.82, 2.24) is 9.80 Å². The molecule has 192 valence electrons. The molecule has 2 aliphatic heterocycles. The number of hydrogen-bond acceptors (Lipinski definition) is 6. The van der Waals surface area contributed by atoms with E-state index in [-0.39, 0.29) is 17.4 Å². The van der Waals surface area contributed by atoms with Gasteiger partial charge in [-0.2, -0.15) is 0 Å². The molecule has 0 saturated carbocycles. The van der Waals surface area contributed by atoms with Crippen LogP contribution in [0.2, 0.25) is 0 Å². The molecule has 2 saturated heterocycles. The average Bonchev–Trinajstić information content (AvgIpc) is 3.11. The Morgan fingerprint density at radius 3 is 2.44 bits per heavy atom. The summed E-state index contributed by atoms with van der Waals surface area (Å²) in [6.07, 6.45) is 0.648. The van der Waals surface area contributed by atoms with Crippen LogP contribution in [-0.2, 0) is 14.3 Å². The lowest BCUT2D eigenvalue weighted by atomic mass is 9.94. The molecule has 0 radical (unpaired) electrons. The number of carbonyl (C=O) groups is 2. The number of aliphatic hydroxyl groups excluding tert-OH is 1. The summed E-state index contributed by atoms with van der Waals surface area (Å²) in [7, 11) is 0. The summed E-state index contributed by atoms with van der Waals surface area (Å²) in [5.41, 5.74) is 1.79. The number of halogens is 1. The van der Waals surface area contributed by atoms with Crippen LogP contribution in [0.15, 0.2) is 48.0 Å². The molecule has 36 heavy (non-hydrogen) atoms. The minimum absolute atomic E-state index is 0.00917. The van der Waals surface area contributed by atoms with Gasteiger partial charge in [-0.05, 0) is 68.7 Å². The van der Waals surface area contributed by atoms with E-state index in [1.165, 1.54) is 17.0 Å². The van der Waals surface area contributed by atoms with Gasteiger partial charge in [0.15, 0.2) is 0 Å². The lowest BCUT2D eigenvalue weighted by molar-refractivity contribution is -0.140. The molecule has 2 heterocycles. The van der Waals surface area contributed by atoms with Crippen molar-refractivity contribution >= 4 is 17.4 Å². The molecule has 8 heteroatoms. The van der Waals surface area contributed by atoms with E-state index in [0.29, 0.717) is 43.1 Å². The largest absolute Gasteiger partial charge is 0.507 e. The number of ether oxygens (including phenoxy) is 2.